The maximum atomic E-state index is 10.3. The standard InChI is InChI=1S/C14H25N3O/c1-13-15-8-11-17(13)10-5-9-16(2)12-14(18)6-3-4-7-14/h8,11,18H,3-7,9-10,12H2,1-2H3. The van der Waals surface area contributed by atoms with Gasteiger partial charge in [-0.15, -0.1) is 0 Å². The molecule has 1 fully saturated rings. The van der Waals surface area contributed by atoms with Crippen molar-refractivity contribution in [3.05, 3.63) is 18.2 Å². The number of aromatic nitrogens is 2. The first kappa shape index (κ1) is 13.6. The number of nitrogens with zero attached hydrogens (tertiary/aromatic N) is 3. The maximum absolute atomic E-state index is 10.3. The van der Waals surface area contributed by atoms with E-state index >= 15 is 0 Å². The third kappa shape index (κ3) is 3.56. The second kappa shape index (κ2) is 5.85. The van der Waals surface area contributed by atoms with Gasteiger partial charge in [0, 0.05) is 25.5 Å². The van der Waals surface area contributed by atoms with Gasteiger partial charge in [-0.1, -0.05) is 12.8 Å². The highest BCUT2D eigenvalue weighted by Crippen LogP contribution is 2.29. The lowest BCUT2D eigenvalue weighted by Gasteiger charge is -2.28. The van der Waals surface area contributed by atoms with Gasteiger partial charge in [0.25, 0.3) is 0 Å². The maximum Gasteiger partial charge on any atom is 0.105 e. The summed E-state index contributed by atoms with van der Waals surface area (Å²) in [5.74, 6) is 1.08. The summed E-state index contributed by atoms with van der Waals surface area (Å²) in [6.07, 6.45) is 9.27. The van der Waals surface area contributed by atoms with Crippen LogP contribution in [0.2, 0.25) is 0 Å². The molecule has 0 aromatic carbocycles. The molecule has 18 heavy (non-hydrogen) atoms. The van der Waals surface area contributed by atoms with Gasteiger partial charge < -0.3 is 14.6 Å². The Morgan fingerprint density at radius 1 is 1.44 bits per heavy atom. The van der Waals surface area contributed by atoms with Crippen molar-refractivity contribution in [3.63, 3.8) is 0 Å². The highest BCUT2D eigenvalue weighted by molar-refractivity contribution is 4.89. The van der Waals surface area contributed by atoms with E-state index in [9.17, 15) is 5.11 Å². The molecule has 0 amide bonds. The molecule has 0 radical (unpaired) electrons. The van der Waals surface area contributed by atoms with Gasteiger partial charge >= 0.3 is 0 Å². The Morgan fingerprint density at radius 2 is 2.17 bits per heavy atom. The Kier molecular flexibility index (Phi) is 4.40. The first-order valence-electron chi connectivity index (χ1n) is 6.98. The number of hydrogen-bond donors (Lipinski definition) is 1. The van der Waals surface area contributed by atoms with Gasteiger partial charge in [-0.05, 0) is 39.8 Å². The smallest absolute Gasteiger partial charge is 0.105 e. The number of likely N-dealkylation sites (N-methyl/N-ethyl adjacent to an activating group) is 1. The summed E-state index contributed by atoms with van der Waals surface area (Å²) in [7, 11) is 2.11. The van der Waals surface area contributed by atoms with Gasteiger partial charge in [-0.2, -0.15) is 0 Å². The third-order valence-corrected chi connectivity index (χ3v) is 3.96. The molecule has 102 valence electrons. The van der Waals surface area contributed by atoms with Crippen molar-refractivity contribution < 1.29 is 5.11 Å². The van der Waals surface area contributed by atoms with Crippen molar-refractivity contribution in [1.29, 1.82) is 0 Å². The average molecular weight is 251 g/mol. The number of aryl methyl sites for hydroxylation is 2. The van der Waals surface area contributed by atoms with Crippen LogP contribution >= 0.6 is 0 Å². The molecule has 2 rings (SSSR count). The van der Waals surface area contributed by atoms with Crippen molar-refractivity contribution in [2.45, 2.75) is 51.2 Å². The van der Waals surface area contributed by atoms with Crippen molar-refractivity contribution in [2.24, 2.45) is 0 Å². The summed E-state index contributed by atoms with van der Waals surface area (Å²) in [5.41, 5.74) is -0.417. The first-order chi connectivity index (χ1) is 8.59. The highest BCUT2D eigenvalue weighted by atomic mass is 16.3. The second-order valence-corrected chi connectivity index (χ2v) is 5.69. The summed E-state index contributed by atoms with van der Waals surface area (Å²) in [4.78, 5) is 6.48. The molecule has 1 aromatic heterocycles. The minimum atomic E-state index is -0.417. The lowest BCUT2D eigenvalue weighted by molar-refractivity contribution is 0.0160. The molecule has 0 aliphatic heterocycles. The fraction of sp³-hybridized carbons (Fsp3) is 0.786. The van der Waals surface area contributed by atoms with Gasteiger partial charge in [0.1, 0.15) is 5.82 Å². The van der Waals surface area contributed by atoms with E-state index in [2.05, 4.69) is 21.5 Å². The molecule has 1 heterocycles. The van der Waals surface area contributed by atoms with Gasteiger partial charge in [0.2, 0.25) is 0 Å². The van der Waals surface area contributed by atoms with Crippen LogP contribution in [0.15, 0.2) is 12.4 Å². The van der Waals surface area contributed by atoms with Crippen LogP contribution in [0.3, 0.4) is 0 Å². The molecule has 0 saturated heterocycles. The normalized spacial score (nSPS) is 18.7. The Labute approximate surface area is 110 Å². The highest BCUT2D eigenvalue weighted by Gasteiger charge is 2.31. The molecular weight excluding hydrogens is 226 g/mol. The van der Waals surface area contributed by atoms with Gasteiger partial charge in [0.05, 0.1) is 5.60 Å². The summed E-state index contributed by atoms with van der Waals surface area (Å²) in [5, 5.41) is 10.3. The molecule has 0 unspecified atom stereocenters. The summed E-state index contributed by atoms with van der Waals surface area (Å²) >= 11 is 0. The number of rotatable bonds is 6. The van der Waals surface area contributed by atoms with Crippen LogP contribution in [-0.2, 0) is 6.54 Å². The van der Waals surface area contributed by atoms with E-state index < -0.39 is 5.60 Å². The van der Waals surface area contributed by atoms with E-state index in [1.807, 2.05) is 19.3 Å². The van der Waals surface area contributed by atoms with Crippen LogP contribution in [0.4, 0.5) is 0 Å². The number of imidazole rings is 1. The van der Waals surface area contributed by atoms with Crippen molar-refractivity contribution >= 4 is 0 Å². The topological polar surface area (TPSA) is 41.3 Å². The molecule has 1 aliphatic carbocycles. The van der Waals surface area contributed by atoms with E-state index in [1.54, 1.807) is 0 Å². The molecule has 1 saturated carbocycles. The first-order valence-corrected chi connectivity index (χ1v) is 6.98. The van der Waals surface area contributed by atoms with Crippen LogP contribution in [0.5, 0.6) is 0 Å². The SMILES string of the molecule is Cc1nccn1CCCN(C)CC1(O)CCCC1. The molecule has 1 N–H and O–H groups in total. The molecule has 0 spiro atoms. The molecule has 1 aromatic rings. The lowest BCUT2D eigenvalue weighted by atomic mass is 10.0. The van der Waals surface area contributed by atoms with Crippen molar-refractivity contribution in [3.8, 4) is 0 Å². The van der Waals surface area contributed by atoms with Crippen LogP contribution in [0.25, 0.3) is 0 Å². The predicted molar refractivity (Wildman–Crippen MR) is 72.5 cm³/mol. The summed E-state index contributed by atoms with van der Waals surface area (Å²) in [6, 6.07) is 0. The van der Waals surface area contributed by atoms with Gasteiger partial charge in [0.15, 0.2) is 0 Å². The van der Waals surface area contributed by atoms with Crippen molar-refractivity contribution in [2.75, 3.05) is 20.1 Å². The van der Waals surface area contributed by atoms with Crippen LogP contribution in [0, 0.1) is 6.92 Å². The Bertz CT molecular complexity index is 369. The average Bonchev–Trinajstić information content (AvgIpc) is 2.89. The number of aliphatic hydroxyl groups is 1. The molecule has 4 nitrogen and oxygen atoms in total. The van der Waals surface area contributed by atoms with Crippen LogP contribution < -0.4 is 0 Å². The monoisotopic (exact) mass is 251 g/mol. The van der Waals surface area contributed by atoms with E-state index in [0.717, 1.165) is 44.7 Å². The fourth-order valence-corrected chi connectivity index (χ4v) is 2.92. The van der Waals surface area contributed by atoms with Crippen LogP contribution in [-0.4, -0.2) is 45.3 Å². The number of hydrogen-bond acceptors (Lipinski definition) is 3. The third-order valence-electron chi connectivity index (χ3n) is 3.96. The Hall–Kier alpha value is -0.870. The summed E-state index contributed by atoms with van der Waals surface area (Å²) in [6.45, 7) is 4.88. The predicted octanol–water partition coefficient (Wildman–Crippen LogP) is 1.82. The van der Waals surface area contributed by atoms with E-state index in [1.165, 1.54) is 12.8 Å². The Balaban J connectivity index is 1.69. The second-order valence-electron chi connectivity index (χ2n) is 5.69. The zero-order valence-electron chi connectivity index (χ0n) is 11.6. The van der Waals surface area contributed by atoms with Gasteiger partial charge in [-0.3, -0.25) is 0 Å². The molecule has 4 heteroatoms. The van der Waals surface area contributed by atoms with Gasteiger partial charge in [-0.25, -0.2) is 4.98 Å². The molecule has 1 aliphatic rings. The van der Waals surface area contributed by atoms with E-state index in [0.29, 0.717) is 0 Å². The van der Waals surface area contributed by atoms with E-state index in [4.69, 9.17) is 0 Å². The van der Waals surface area contributed by atoms with E-state index in [-0.39, 0.29) is 0 Å². The minimum Gasteiger partial charge on any atom is -0.389 e. The zero-order chi connectivity index (χ0) is 13.0. The minimum absolute atomic E-state index is 0.417. The fourth-order valence-electron chi connectivity index (χ4n) is 2.92. The Morgan fingerprint density at radius 3 is 2.78 bits per heavy atom. The quantitative estimate of drug-likeness (QED) is 0.838. The van der Waals surface area contributed by atoms with Crippen molar-refractivity contribution in [1.82, 2.24) is 14.5 Å². The molecule has 0 atom stereocenters. The lowest BCUT2D eigenvalue weighted by Crippen LogP contribution is -2.39. The zero-order valence-corrected chi connectivity index (χ0v) is 11.6. The molecular formula is C14H25N3O. The molecule has 0 bridgehead atoms. The largest absolute Gasteiger partial charge is 0.389 e. The summed E-state index contributed by atoms with van der Waals surface area (Å²) < 4.78 is 2.18. The van der Waals surface area contributed by atoms with Crippen LogP contribution in [0.1, 0.15) is 37.9 Å².